The summed E-state index contributed by atoms with van der Waals surface area (Å²) in [7, 11) is 0. The SMILES string of the molecule is Cc1cc(N2CC3CCC(C2)C3Cc2nc(Oc3ccc(F)c(Cl)c3)n(CC(F)(F)F)n2)ncn1. The van der Waals surface area contributed by atoms with Gasteiger partial charge >= 0.3 is 12.2 Å². The van der Waals surface area contributed by atoms with Crippen molar-refractivity contribution in [2.24, 2.45) is 17.8 Å². The molecule has 1 aliphatic heterocycles. The Kier molecular flexibility index (Phi) is 6.29. The highest BCUT2D eigenvalue weighted by atomic mass is 35.5. The Balaban J connectivity index is 1.34. The van der Waals surface area contributed by atoms with Crippen LogP contribution in [0.3, 0.4) is 0 Å². The minimum absolute atomic E-state index is 0.0762. The van der Waals surface area contributed by atoms with Crippen molar-refractivity contribution in [2.45, 2.75) is 38.9 Å². The van der Waals surface area contributed by atoms with Gasteiger partial charge in [0.15, 0.2) is 5.82 Å². The van der Waals surface area contributed by atoms with Crippen LogP contribution in [0, 0.1) is 30.5 Å². The Labute approximate surface area is 204 Å². The molecular weight excluding hydrogens is 488 g/mol. The lowest BCUT2D eigenvalue weighted by Crippen LogP contribution is -2.43. The molecular formula is C23H23ClF4N6O. The zero-order valence-corrected chi connectivity index (χ0v) is 19.6. The summed E-state index contributed by atoms with van der Waals surface area (Å²) >= 11 is 5.77. The van der Waals surface area contributed by atoms with Crippen LogP contribution in [0.15, 0.2) is 30.6 Å². The molecule has 2 aliphatic rings. The number of piperidine rings is 1. The van der Waals surface area contributed by atoms with Crippen LogP contribution in [-0.4, -0.2) is 44.0 Å². The summed E-state index contributed by atoms with van der Waals surface area (Å²) in [6.07, 6.45) is -0.417. The summed E-state index contributed by atoms with van der Waals surface area (Å²) in [5.74, 6) is 1.59. The number of aromatic nitrogens is 5. The lowest BCUT2D eigenvalue weighted by Gasteiger charge is -2.38. The Morgan fingerprint density at radius 1 is 1.11 bits per heavy atom. The van der Waals surface area contributed by atoms with Crippen molar-refractivity contribution in [1.82, 2.24) is 24.7 Å². The van der Waals surface area contributed by atoms with Crippen molar-refractivity contribution in [3.63, 3.8) is 0 Å². The van der Waals surface area contributed by atoms with E-state index in [0.717, 1.165) is 43.5 Å². The number of alkyl halides is 3. The second-order valence-corrected chi connectivity index (χ2v) is 9.56. The second kappa shape index (κ2) is 9.25. The van der Waals surface area contributed by atoms with Gasteiger partial charge in [0.1, 0.15) is 30.3 Å². The van der Waals surface area contributed by atoms with Gasteiger partial charge in [0, 0.05) is 37.3 Å². The third kappa shape index (κ3) is 5.34. The van der Waals surface area contributed by atoms with Gasteiger partial charge in [-0.1, -0.05) is 11.6 Å². The smallest absolute Gasteiger partial charge is 0.408 e. The monoisotopic (exact) mass is 510 g/mol. The van der Waals surface area contributed by atoms with Crippen molar-refractivity contribution in [2.75, 3.05) is 18.0 Å². The van der Waals surface area contributed by atoms with E-state index >= 15 is 0 Å². The van der Waals surface area contributed by atoms with Crippen molar-refractivity contribution >= 4 is 17.4 Å². The lowest BCUT2D eigenvalue weighted by molar-refractivity contribution is -0.143. The van der Waals surface area contributed by atoms with Crippen molar-refractivity contribution in [3.8, 4) is 11.8 Å². The third-order valence-electron chi connectivity index (χ3n) is 6.67. The Morgan fingerprint density at radius 3 is 2.51 bits per heavy atom. The first-order chi connectivity index (χ1) is 16.6. The molecule has 186 valence electrons. The highest BCUT2D eigenvalue weighted by Gasteiger charge is 2.43. The number of aryl methyl sites for hydroxylation is 1. The van der Waals surface area contributed by atoms with E-state index in [4.69, 9.17) is 16.3 Å². The normalized spacial score (nSPS) is 22.0. The molecule has 2 aromatic heterocycles. The Hall–Kier alpha value is -2.95. The van der Waals surface area contributed by atoms with Crippen LogP contribution >= 0.6 is 11.6 Å². The molecule has 12 heteroatoms. The van der Waals surface area contributed by atoms with Crippen LogP contribution in [0.4, 0.5) is 23.4 Å². The van der Waals surface area contributed by atoms with Crippen molar-refractivity contribution in [3.05, 3.63) is 53.0 Å². The lowest BCUT2D eigenvalue weighted by atomic mass is 9.82. The highest BCUT2D eigenvalue weighted by Crippen LogP contribution is 2.44. The van der Waals surface area contributed by atoms with Crippen molar-refractivity contribution in [1.29, 1.82) is 0 Å². The number of nitrogens with zero attached hydrogens (tertiary/aromatic N) is 6. The molecule has 5 rings (SSSR count). The summed E-state index contributed by atoms with van der Waals surface area (Å²) in [6.45, 7) is 2.22. The number of anilines is 1. The molecule has 0 spiro atoms. The van der Waals surface area contributed by atoms with E-state index in [-0.39, 0.29) is 22.7 Å². The molecule has 2 unspecified atom stereocenters. The number of ether oxygens (including phenoxy) is 1. The van der Waals surface area contributed by atoms with Gasteiger partial charge in [-0.25, -0.2) is 19.0 Å². The van der Waals surface area contributed by atoms with Crippen LogP contribution in [-0.2, 0) is 13.0 Å². The second-order valence-electron chi connectivity index (χ2n) is 9.15. The zero-order chi connectivity index (χ0) is 24.7. The molecule has 35 heavy (non-hydrogen) atoms. The largest absolute Gasteiger partial charge is 0.424 e. The van der Waals surface area contributed by atoms with Crippen LogP contribution in [0.2, 0.25) is 5.02 Å². The molecule has 2 atom stereocenters. The maximum Gasteiger partial charge on any atom is 0.408 e. The summed E-state index contributed by atoms with van der Waals surface area (Å²) in [6, 6.07) is 5.20. The topological polar surface area (TPSA) is 69.0 Å². The van der Waals surface area contributed by atoms with Gasteiger partial charge in [0.25, 0.3) is 0 Å². The number of benzene rings is 1. The molecule has 1 saturated heterocycles. The van der Waals surface area contributed by atoms with Crippen LogP contribution in [0.25, 0.3) is 0 Å². The molecule has 3 heterocycles. The molecule has 3 aromatic rings. The summed E-state index contributed by atoms with van der Waals surface area (Å²) < 4.78 is 59.2. The predicted molar refractivity (Wildman–Crippen MR) is 120 cm³/mol. The van der Waals surface area contributed by atoms with E-state index in [2.05, 4.69) is 25.0 Å². The molecule has 0 amide bonds. The third-order valence-corrected chi connectivity index (χ3v) is 6.96. The van der Waals surface area contributed by atoms with Crippen molar-refractivity contribution < 1.29 is 22.3 Å². The van der Waals surface area contributed by atoms with Gasteiger partial charge in [0.2, 0.25) is 0 Å². The zero-order valence-electron chi connectivity index (χ0n) is 18.8. The molecule has 7 nitrogen and oxygen atoms in total. The number of hydrogen-bond acceptors (Lipinski definition) is 6. The Morgan fingerprint density at radius 2 is 1.86 bits per heavy atom. The number of halogens is 5. The fourth-order valence-corrected chi connectivity index (χ4v) is 5.30. The van der Waals surface area contributed by atoms with Gasteiger partial charge in [-0.05, 0) is 49.7 Å². The molecule has 2 fully saturated rings. The van der Waals surface area contributed by atoms with Crippen LogP contribution < -0.4 is 9.64 Å². The van der Waals surface area contributed by atoms with E-state index < -0.39 is 18.5 Å². The van der Waals surface area contributed by atoms with Crippen LogP contribution in [0.5, 0.6) is 11.8 Å². The molecule has 0 radical (unpaired) electrons. The minimum Gasteiger partial charge on any atom is -0.424 e. The molecule has 2 bridgehead atoms. The van der Waals surface area contributed by atoms with Gasteiger partial charge in [0.05, 0.1) is 5.02 Å². The fraction of sp³-hybridized carbons (Fsp3) is 0.478. The first-order valence-electron chi connectivity index (χ1n) is 11.3. The van der Waals surface area contributed by atoms with Gasteiger partial charge in [-0.2, -0.15) is 23.3 Å². The first-order valence-corrected chi connectivity index (χ1v) is 11.7. The maximum absolute atomic E-state index is 13.5. The average Bonchev–Trinajstić information content (AvgIpc) is 3.24. The summed E-state index contributed by atoms with van der Waals surface area (Å²) in [5.41, 5.74) is 0.902. The quantitative estimate of drug-likeness (QED) is 0.423. The first kappa shape index (κ1) is 23.8. The van der Waals surface area contributed by atoms with E-state index in [9.17, 15) is 17.6 Å². The molecule has 1 saturated carbocycles. The Bertz CT molecular complexity index is 1200. The number of rotatable bonds is 6. The number of hydrogen-bond donors (Lipinski definition) is 0. The van der Waals surface area contributed by atoms with E-state index in [1.54, 1.807) is 6.33 Å². The average molecular weight is 511 g/mol. The van der Waals surface area contributed by atoms with E-state index in [1.165, 1.54) is 12.1 Å². The molecule has 1 aromatic carbocycles. The van der Waals surface area contributed by atoms with Crippen LogP contribution in [0.1, 0.15) is 24.4 Å². The van der Waals surface area contributed by atoms with Gasteiger partial charge in [-0.15, -0.1) is 0 Å². The molecule has 0 N–H and O–H groups in total. The minimum atomic E-state index is -4.51. The van der Waals surface area contributed by atoms with E-state index in [0.29, 0.717) is 28.8 Å². The summed E-state index contributed by atoms with van der Waals surface area (Å²) in [4.78, 5) is 15.1. The van der Waals surface area contributed by atoms with Gasteiger partial charge < -0.3 is 9.64 Å². The highest BCUT2D eigenvalue weighted by molar-refractivity contribution is 6.30. The summed E-state index contributed by atoms with van der Waals surface area (Å²) in [5, 5.41) is 3.93. The van der Waals surface area contributed by atoms with E-state index in [1.807, 2.05) is 13.0 Å². The molecule has 1 aliphatic carbocycles. The van der Waals surface area contributed by atoms with Gasteiger partial charge in [-0.3, -0.25) is 0 Å². The predicted octanol–water partition coefficient (Wildman–Crippen LogP) is 5.23. The maximum atomic E-state index is 13.5. The standard InChI is InChI=1S/C23H23ClF4N6O/c1-13-6-21(30-12-29-13)33-9-14-2-3-15(10-33)17(14)8-20-31-22(34(32-20)11-23(26,27)28)35-16-4-5-19(25)18(24)7-16/h4-7,12,14-15,17H,2-3,8-11H2,1H3. The fourth-order valence-electron chi connectivity index (χ4n) is 5.13. The number of fused-ring (bicyclic) bond motifs is 2.